The molecule has 106 valence electrons. The van der Waals surface area contributed by atoms with Gasteiger partial charge >= 0.3 is 0 Å². The third-order valence-electron chi connectivity index (χ3n) is 3.36. The summed E-state index contributed by atoms with van der Waals surface area (Å²) in [5.41, 5.74) is 0.795. The van der Waals surface area contributed by atoms with Gasteiger partial charge in [-0.2, -0.15) is 0 Å². The van der Waals surface area contributed by atoms with Gasteiger partial charge in [-0.25, -0.2) is 4.98 Å². The van der Waals surface area contributed by atoms with Gasteiger partial charge < -0.3 is 14.8 Å². The highest BCUT2D eigenvalue weighted by atomic mass is 35.5. The van der Waals surface area contributed by atoms with E-state index in [1.165, 1.54) is 19.3 Å². The van der Waals surface area contributed by atoms with Crippen LogP contribution in [0.25, 0.3) is 11.4 Å². The van der Waals surface area contributed by atoms with Crippen molar-refractivity contribution in [1.82, 2.24) is 9.55 Å². The Bertz CT molecular complexity index is 594. The normalized spacial score (nSPS) is 14.1. The van der Waals surface area contributed by atoms with E-state index in [1.807, 2.05) is 12.3 Å². The van der Waals surface area contributed by atoms with Gasteiger partial charge in [0.05, 0.1) is 5.02 Å². The molecule has 1 saturated carbocycles. The van der Waals surface area contributed by atoms with Crippen molar-refractivity contribution in [2.45, 2.75) is 25.3 Å². The molecule has 1 heterocycles. The van der Waals surface area contributed by atoms with Crippen molar-refractivity contribution >= 4 is 18.1 Å². The van der Waals surface area contributed by atoms with Crippen LogP contribution in [0.15, 0.2) is 30.6 Å². The summed E-state index contributed by atoms with van der Waals surface area (Å²) in [6, 6.07) is 5.80. The number of phenols is 1. The van der Waals surface area contributed by atoms with Crippen LogP contribution in [0.3, 0.4) is 0 Å². The standard InChI is InChI=1S/C13H13ClN2O.CH2O2/c14-12-10(5-2-6-11(12)17)13-15-7-8-16(13)9-3-1-4-9;2-1-3/h2,5-9,17H,1,3-4H2;1H,(H,2,3). The third kappa shape index (κ3) is 2.77. The Labute approximate surface area is 121 Å². The molecule has 5 nitrogen and oxygen atoms in total. The van der Waals surface area contributed by atoms with Gasteiger partial charge in [0.2, 0.25) is 0 Å². The number of phenolic OH excluding ortho intramolecular Hbond substituents is 1. The smallest absolute Gasteiger partial charge is 0.290 e. The van der Waals surface area contributed by atoms with E-state index in [1.54, 1.807) is 18.3 Å². The Kier molecular flexibility index (Phi) is 4.63. The van der Waals surface area contributed by atoms with E-state index < -0.39 is 0 Å². The Balaban J connectivity index is 0.000000452. The first-order valence-corrected chi connectivity index (χ1v) is 6.65. The Hall–Kier alpha value is -2.01. The number of carboxylic acid groups (broad SMARTS) is 1. The van der Waals surface area contributed by atoms with Crippen LogP contribution in [0.5, 0.6) is 5.75 Å². The lowest BCUT2D eigenvalue weighted by Crippen LogP contribution is -2.17. The highest BCUT2D eigenvalue weighted by Gasteiger charge is 2.23. The largest absolute Gasteiger partial charge is 0.506 e. The van der Waals surface area contributed by atoms with E-state index in [-0.39, 0.29) is 12.2 Å². The van der Waals surface area contributed by atoms with Gasteiger partial charge in [-0.3, -0.25) is 4.79 Å². The van der Waals surface area contributed by atoms with Crippen molar-refractivity contribution in [2.24, 2.45) is 0 Å². The molecule has 1 aliphatic rings. The van der Waals surface area contributed by atoms with Crippen LogP contribution in [-0.2, 0) is 4.79 Å². The number of nitrogens with zero attached hydrogens (tertiary/aromatic N) is 2. The number of halogens is 1. The van der Waals surface area contributed by atoms with Gasteiger partial charge in [0.25, 0.3) is 6.47 Å². The van der Waals surface area contributed by atoms with Crippen LogP contribution in [0.2, 0.25) is 5.02 Å². The van der Waals surface area contributed by atoms with E-state index in [2.05, 4.69) is 9.55 Å². The number of hydrogen-bond donors (Lipinski definition) is 2. The molecule has 1 aliphatic carbocycles. The van der Waals surface area contributed by atoms with Gasteiger partial charge in [-0.1, -0.05) is 17.7 Å². The van der Waals surface area contributed by atoms with Crippen molar-refractivity contribution < 1.29 is 15.0 Å². The zero-order valence-corrected chi connectivity index (χ0v) is 11.5. The third-order valence-corrected chi connectivity index (χ3v) is 3.75. The molecule has 0 aliphatic heterocycles. The van der Waals surface area contributed by atoms with Crippen molar-refractivity contribution in [3.8, 4) is 17.1 Å². The number of rotatable bonds is 2. The number of imidazole rings is 1. The lowest BCUT2D eigenvalue weighted by atomic mass is 9.92. The highest BCUT2D eigenvalue weighted by molar-refractivity contribution is 6.34. The van der Waals surface area contributed by atoms with E-state index in [4.69, 9.17) is 21.5 Å². The molecule has 0 amide bonds. The van der Waals surface area contributed by atoms with E-state index in [0.717, 1.165) is 11.4 Å². The highest BCUT2D eigenvalue weighted by Crippen LogP contribution is 2.38. The molecule has 0 saturated heterocycles. The Morgan fingerprint density at radius 1 is 1.40 bits per heavy atom. The predicted molar refractivity (Wildman–Crippen MR) is 75.9 cm³/mol. The van der Waals surface area contributed by atoms with Crippen LogP contribution in [-0.4, -0.2) is 26.2 Å². The maximum atomic E-state index is 9.63. The lowest BCUT2D eigenvalue weighted by Gasteiger charge is -2.28. The van der Waals surface area contributed by atoms with E-state index >= 15 is 0 Å². The number of hydrogen-bond acceptors (Lipinski definition) is 3. The summed E-state index contributed by atoms with van der Waals surface area (Å²) in [7, 11) is 0. The first-order chi connectivity index (χ1) is 9.69. The molecule has 0 spiro atoms. The molecule has 0 radical (unpaired) electrons. The second-order valence-electron chi connectivity index (χ2n) is 4.49. The maximum absolute atomic E-state index is 9.63. The molecule has 0 unspecified atom stereocenters. The molecule has 20 heavy (non-hydrogen) atoms. The van der Waals surface area contributed by atoms with Crippen LogP contribution in [0.1, 0.15) is 25.3 Å². The molecule has 0 atom stereocenters. The Morgan fingerprint density at radius 3 is 2.70 bits per heavy atom. The topological polar surface area (TPSA) is 75.3 Å². The molecule has 6 heteroatoms. The summed E-state index contributed by atoms with van der Waals surface area (Å²) >= 11 is 6.12. The Morgan fingerprint density at radius 2 is 2.10 bits per heavy atom. The first kappa shape index (κ1) is 14.4. The van der Waals surface area contributed by atoms with Gasteiger partial charge in [-0.15, -0.1) is 0 Å². The number of carbonyl (C=O) groups is 1. The van der Waals surface area contributed by atoms with Gasteiger partial charge in [0.15, 0.2) is 0 Å². The summed E-state index contributed by atoms with van der Waals surface area (Å²) in [6.07, 6.45) is 7.43. The summed E-state index contributed by atoms with van der Waals surface area (Å²) in [4.78, 5) is 12.7. The minimum absolute atomic E-state index is 0.104. The van der Waals surface area contributed by atoms with E-state index in [0.29, 0.717) is 11.1 Å². The summed E-state index contributed by atoms with van der Waals surface area (Å²) in [5.74, 6) is 0.947. The zero-order valence-electron chi connectivity index (χ0n) is 10.7. The summed E-state index contributed by atoms with van der Waals surface area (Å²) < 4.78 is 2.16. The second-order valence-corrected chi connectivity index (χ2v) is 4.86. The summed E-state index contributed by atoms with van der Waals surface area (Å²) in [5, 5.41) is 16.9. The van der Waals surface area contributed by atoms with Crippen LogP contribution in [0.4, 0.5) is 0 Å². The van der Waals surface area contributed by atoms with Gasteiger partial charge in [-0.05, 0) is 31.4 Å². The van der Waals surface area contributed by atoms with Crippen molar-refractivity contribution in [1.29, 1.82) is 0 Å². The minimum Gasteiger partial charge on any atom is -0.506 e. The minimum atomic E-state index is -0.250. The van der Waals surface area contributed by atoms with Crippen LogP contribution >= 0.6 is 11.6 Å². The average molecular weight is 295 g/mol. The molecule has 3 rings (SSSR count). The molecular weight excluding hydrogens is 280 g/mol. The lowest BCUT2D eigenvalue weighted by molar-refractivity contribution is -0.122. The van der Waals surface area contributed by atoms with Crippen molar-refractivity contribution in [3.05, 3.63) is 35.6 Å². The summed E-state index contributed by atoms with van der Waals surface area (Å²) in [6.45, 7) is -0.250. The SMILES string of the molecule is O=CO.Oc1cccc(-c2nccn2C2CCC2)c1Cl. The van der Waals surface area contributed by atoms with Crippen LogP contribution in [0, 0.1) is 0 Å². The quantitative estimate of drug-likeness (QED) is 0.833. The predicted octanol–water partition coefficient (Wildman–Crippen LogP) is 3.33. The molecular formula is C14H15ClN2O3. The first-order valence-electron chi connectivity index (χ1n) is 6.27. The molecule has 1 aromatic carbocycles. The number of aromatic nitrogens is 2. The zero-order chi connectivity index (χ0) is 14.5. The molecule has 0 bridgehead atoms. The fourth-order valence-corrected chi connectivity index (χ4v) is 2.38. The fraction of sp³-hybridized carbons (Fsp3) is 0.286. The van der Waals surface area contributed by atoms with Crippen molar-refractivity contribution in [2.75, 3.05) is 0 Å². The van der Waals surface area contributed by atoms with E-state index in [9.17, 15) is 5.11 Å². The number of benzene rings is 1. The molecule has 1 fully saturated rings. The number of aromatic hydroxyl groups is 1. The maximum Gasteiger partial charge on any atom is 0.290 e. The van der Waals surface area contributed by atoms with Gasteiger partial charge in [0.1, 0.15) is 11.6 Å². The molecule has 1 aromatic heterocycles. The van der Waals surface area contributed by atoms with Gasteiger partial charge in [0, 0.05) is 24.0 Å². The van der Waals surface area contributed by atoms with Crippen molar-refractivity contribution in [3.63, 3.8) is 0 Å². The molecule has 2 N–H and O–H groups in total. The fourth-order valence-electron chi connectivity index (χ4n) is 2.17. The monoisotopic (exact) mass is 294 g/mol. The molecule has 2 aromatic rings. The van der Waals surface area contributed by atoms with Crippen LogP contribution < -0.4 is 0 Å². The average Bonchev–Trinajstić information content (AvgIpc) is 2.80. The second kappa shape index (κ2) is 6.43.